The van der Waals surface area contributed by atoms with E-state index in [2.05, 4.69) is 6.07 Å². The molecule has 0 bridgehead atoms. The van der Waals surface area contributed by atoms with Gasteiger partial charge in [0.25, 0.3) is 0 Å². The molecular formula is C30H19O4. The van der Waals surface area contributed by atoms with Crippen molar-refractivity contribution >= 4 is 22.7 Å². The molecule has 5 aromatic carbocycles. The fraction of sp³-hybridized carbons (Fsp3) is 0. The molecule has 4 nitrogen and oxygen atoms in total. The lowest BCUT2D eigenvalue weighted by molar-refractivity contribution is 0.0725. The van der Waals surface area contributed by atoms with E-state index in [-0.39, 0.29) is 0 Å². The standard InChI is InChI=1S/C30H19O4/c31-29(22-7-3-1-4-8-22)33-27-16-13-21(14-17-27)24-11-12-26-20-28(18-15-25(26)19-24)34-30(32)23-9-5-2-6-10-23/h1-18,20H. The van der Waals surface area contributed by atoms with Crippen LogP contribution in [0.2, 0.25) is 0 Å². The maximum absolute atomic E-state index is 12.3. The zero-order valence-electron chi connectivity index (χ0n) is 18.1. The first-order valence-electron chi connectivity index (χ1n) is 10.8. The number of rotatable bonds is 5. The summed E-state index contributed by atoms with van der Waals surface area (Å²) in [4.78, 5) is 24.5. The quantitative estimate of drug-likeness (QED) is 0.223. The van der Waals surface area contributed by atoms with E-state index in [4.69, 9.17) is 9.47 Å². The van der Waals surface area contributed by atoms with Gasteiger partial charge in [-0.2, -0.15) is 0 Å². The Morgan fingerprint density at radius 3 is 1.74 bits per heavy atom. The van der Waals surface area contributed by atoms with Gasteiger partial charge in [0.05, 0.1) is 11.1 Å². The van der Waals surface area contributed by atoms with Crippen LogP contribution in [0.5, 0.6) is 11.5 Å². The summed E-state index contributed by atoms with van der Waals surface area (Å²) in [7, 11) is 0. The van der Waals surface area contributed by atoms with E-state index in [1.54, 1.807) is 66.7 Å². The molecule has 34 heavy (non-hydrogen) atoms. The van der Waals surface area contributed by atoms with Gasteiger partial charge in [-0.1, -0.05) is 66.7 Å². The highest BCUT2D eigenvalue weighted by atomic mass is 16.5. The van der Waals surface area contributed by atoms with E-state index >= 15 is 0 Å². The van der Waals surface area contributed by atoms with Crippen LogP contribution in [0, 0.1) is 6.07 Å². The SMILES string of the molecule is O=C(Oc1ccc(-c2[c]c3ccc(OC(=O)c4ccccc4)cc3cc2)cc1)c1ccccc1. The van der Waals surface area contributed by atoms with E-state index in [1.165, 1.54) is 0 Å². The monoisotopic (exact) mass is 443 g/mol. The van der Waals surface area contributed by atoms with Gasteiger partial charge in [0, 0.05) is 0 Å². The second-order valence-electron chi connectivity index (χ2n) is 7.66. The minimum atomic E-state index is -0.395. The number of benzene rings is 5. The summed E-state index contributed by atoms with van der Waals surface area (Å²) in [6.45, 7) is 0. The van der Waals surface area contributed by atoms with Crippen molar-refractivity contribution in [3.63, 3.8) is 0 Å². The van der Waals surface area contributed by atoms with Crippen molar-refractivity contribution in [3.8, 4) is 22.6 Å². The number of carbonyl (C=O) groups is 2. The van der Waals surface area contributed by atoms with E-state index in [0.29, 0.717) is 22.6 Å². The zero-order chi connectivity index (χ0) is 23.3. The molecule has 0 fully saturated rings. The minimum absolute atomic E-state index is 0.394. The van der Waals surface area contributed by atoms with Crippen molar-refractivity contribution < 1.29 is 19.1 Å². The molecule has 0 amide bonds. The minimum Gasteiger partial charge on any atom is -0.423 e. The molecule has 0 saturated heterocycles. The molecule has 0 N–H and O–H groups in total. The number of esters is 2. The molecule has 5 rings (SSSR count). The van der Waals surface area contributed by atoms with Gasteiger partial charge in [0.2, 0.25) is 0 Å². The van der Waals surface area contributed by atoms with E-state index < -0.39 is 11.9 Å². The smallest absolute Gasteiger partial charge is 0.343 e. The van der Waals surface area contributed by atoms with Crippen molar-refractivity contribution in [1.29, 1.82) is 0 Å². The number of ether oxygens (including phenoxy) is 2. The van der Waals surface area contributed by atoms with Crippen LogP contribution in [0.4, 0.5) is 0 Å². The molecule has 0 aliphatic carbocycles. The maximum Gasteiger partial charge on any atom is 0.343 e. The van der Waals surface area contributed by atoms with Crippen molar-refractivity contribution in [2.24, 2.45) is 0 Å². The first-order chi connectivity index (χ1) is 16.7. The predicted molar refractivity (Wildman–Crippen MR) is 131 cm³/mol. The number of hydrogen-bond donors (Lipinski definition) is 0. The Labute approximate surface area is 197 Å². The largest absolute Gasteiger partial charge is 0.423 e. The van der Waals surface area contributed by atoms with Crippen LogP contribution in [0.1, 0.15) is 20.7 Å². The Bertz CT molecular complexity index is 1460. The van der Waals surface area contributed by atoms with E-state index in [0.717, 1.165) is 21.9 Å². The zero-order valence-corrected chi connectivity index (χ0v) is 18.1. The lowest BCUT2D eigenvalue weighted by Crippen LogP contribution is -2.08. The first kappa shape index (κ1) is 21.2. The second kappa shape index (κ2) is 9.43. The third-order valence-electron chi connectivity index (χ3n) is 5.33. The molecule has 0 aliphatic rings. The molecule has 1 radical (unpaired) electrons. The molecular weight excluding hydrogens is 424 g/mol. The van der Waals surface area contributed by atoms with Gasteiger partial charge in [-0.15, -0.1) is 0 Å². The summed E-state index contributed by atoms with van der Waals surface area (Å²) in [5.41, 5.74) is 2.86. The van der Waals surface area contributed by atoms with Gasteiger partial charge >= 0.3 is 11.9 Å². The Kier molecular flexibility index (Phi) is 5.87. The molecule has 4 heteroatoms. The Morgan fingerprint density at radius 1 is 0.559 bits per heavy atom. The van der Waals surface area contributed by atoms with Gasteiger partial charge in [-0.25, -0.2) is 9.59 Å². The van der Waals surface area contributed by atoms with Crippen LogP contribution in [-0.2, 0) is 0 Å². The number of fused-ring (bicyclic) bond motifs is 1. The van der Waals surface area contributed by atoms with Crippen molar-refractivity contribution in [2.75, 3.05) is 0 Å². The summed E-state index contributed by atoms with van der Waals surface area (Å²) in [5, 5.41) is 1.81. The number of carbonyl (C=O) groups excluding carboxylic acids is 2. The van der Waals surface area contributed by atoms with Crippen LogP contribution in [0.15, 0.2) is 115 Å². The maximum atomic E-state index is 12.3. The average Bonchev–Trinajstić information content (AvgIpc) is 2.90. The summed E-state index contributed by atoms with van der Waals surface area (Å²) < 4.78 is 11.0. The van der Waals surface area contributed by atoms with Gasteiger partial charge in [-0.05, 0) is 76.5 Å². The van der Waals surface area contributed by atoms with Gasteiger partial charge in [0.1, 0.15) is 11.5 Å². The second-order valence-corrected chi connectivity index (χ2v) is 7.66. The van der Waals surface area contributed by atoms with E-state index in [9.17, 15) is 9.59 Å². The van der Waals surface area contributed by atoms with E-state index in [1.807, 2.05) is 48.5 Å². The summed E-state index contributed by atoms with van der Waals surface area (Å²) in [5.74, 6) is 0.165. The third-order valence-corrected chi connectivity index (χ3v) is 5.33. The third kappa shape index (κ3) is 4.71. The topological polar surface area (TPSA) is 52.6 Å². The molecule has 0 saturated carbocycles. The fourth-order valence-corrected chi connectivity index (χ4v) is 3.57. The lowest BCUT2D eigenvalue weighted by atomic mass is 10.0. The Balaban J connectivity index is 1.31. The van der Waals surface area contributed by atoms with Gasteiger partial charge in [-0.3, -0.25) is 0 Å². The van der Waals surface area contributed by atoms with Crippen LogP contribution < -0.4 is 9.47 Å². The Hall–Kier alpha value is -4.70. The number of hydrogen-bond acceptors (Lipinski definition) is 4. The van der Waals surface area contributed by atoms with Crippen molar-refractivity contribution in [3.05, 3.63) is 132 Å². The van der Waals surface area contributed by atoms with Gasteiger partial charge < -0.3 is 9.47 Å². The molecule has 0 aliphatic heterocycles. The normalized spacial score (nSPS) is 10.6. The van der Waals surface area contributed by atoms with Crippen LogP contribution in [-0.4, -0.2) is 11.9 Å². The summed E-state index contributed by atoms with van der Waals surface area (Å²) >= 11 is 0. The Morgan fingerprint density at radius 2 is 1.12 bits per heavy atom. The van der Waals surface area contributed by atoms with Crippen LogP contribution in [0.3, 0.4) is 0 Å². The molecule has 0 aromatic heterocycles. The average molecular weight is 443 g/mol. The molecule has 163 valence electrons. The highest BCUT2D eigenvalue weighted by molar-refractivity contribution is 5.93. The highest BCUT2D eigenvalue weighted by Gasteiger charge is 2.10. The van der Waals surface area contributed by atoms with Crippen molar-refractivity contribution in [2.45, 2.75) is 0 Å². The molecule has 0 unspecified atom stereocenters. The summed E-state index contributed by atoms with van der Waals surface area (Å²) in [6.07, 6.45) is 0. The predicted octanol–water partition coefficient (Wildman–Crippen LogP) is 6.75. The molecule has 0 spiro atoms. The molecule has 5 aromatic rings. The molecule has 0 atom stereocenters. The highest BCUT2D eigenvalue weighted by Crippen LogP contribution is 2.28. The van der Waals surface area contributed by atoms with Crippen molar-refractivity contribution in [1.82, 2.24) is 0 Å². The fourth-order valence-electron chi connectivity index (χ4n) is 3.57. The van der Waals surface area contributed by atoms with Gasteiger partial charge in [0.15, 0.2) is 0 Å². The molecule has 0 heterocycles. The van der Waals surface area contributed by atoms with Crippen LogP contribution in [0.25, 0.3) is 21.9 Å². The first-order valence-corrected chi connectivity index (χ1v) is 10.8. The lowest BCUT2D eigenvalue weighted by Gasteiger charge is -2.08. The summed E-state index contributed by atoms with van der Waals surface area (Å²) in [6, 6.07) is 37.8. The van der Waals surface area contributed by atoms with Crippen LogP contribution >= 0.6 is 0 Å².